The Hall–Kier alpha value is -0.740. The molecule has 0 aromatic heterocycles. The van der Waals surface area contributed by atoms with Crippen LogP contribution in [0.15, 0.2) is 16.6 Å². The highest BCUT2D eigenvalue weighted by atomic mass is 79.9. The summed E-state index contributed by atoms with van der Waals surface area (Å²) >= 11 is 9.44. The van der Waals surface area contributed by atoms with Crippen molar-refractivity contribution in [2.24, 2.45) is 0 Å². The zero-order valence-corrected chi connectivity index (χ0v) is 12.4. The van der Waals surface area contributed by atoms with Gasteiger partial charge in [0, 0.05) is 17.0 Å². The molecule has 0 saturated carbocycles. The third kappa shape index (κ3) is 3.18. The predicted octanol–water partition coefficient (Wildman–Crippen LogP) is 3.75. The largest absolute Gasteiger partial charge is 0.490 e. The fraction of sp³-hybridized carbons (Fsp3) is 0.462. The minimum atomic E-state index is -0.196. The van der Waals surface area contributed by atoms with Gasteiger partial charge in [0.25, 0.3) is 0 Å². The summed E-state index contributed by atoms with van der Waals surface area (Å²) in [5.41, 5.74) is 1.15. The molecule has 0 saturated heterocycles. The SMILES string of the molecule is COC(=O)CC[C@H]1CCc2cc(Br)c(Cl)cc2O1. The molecule has 0 N–H and O–H groups in total. The van der Waals surface area contributed by atoms with Gasteiger partial charge in [-0.15, -0.1) is 0 Å². The highest BCUT2D eigenvalue weighted by Crippen LogP contribution is 2.35. The van der Waals surface area contributed by atoms with E-state index in [1.54, 1.807) is 0 Å². The molecule has 2 rings (SSSR count). The lowest BCUT2D eigenvalue weighted by Crippen LogP contribution is -2.23. The summed E-state index contributed by atoms with van der Waals surface area (Å²) < 4.78 is 11.4. The molecule has 1 atom stereocenters. The second-order valence-corrected chi connectivity index (χ2v) is 5.53. The number of carbonyl (C=O) groups excluding carboxylic acids is 1. The third-order valence-corrected chi connectivity index (χ3v) is 4.23. The van der Waals surface area contributed by atoms with Crippen LogP contribution in [0.4, 0.5) is 0 Å². The van der Waals surface area contributed by atoms with Gasteiger partial charge in [0.1, 0.15) is 5.75 Å². The van der Waals surface area contributed by atoms with Crippen LogP contribution in [0.3, 0.4) is 0 Å². The number of fused-ring (bicyclic) bond motifs is 1. The normalized spacial score (nSPS) is 17.8. The Morgan fingerprint density at radius 2 is 2.39 bits per heavy atom. The average molecular weight is 334 g/mol. The maximum absolute atomic E-state index is 11.1. The molecule has 98 valence electrons. The van der Waals surface area contributed by atoms with Crippen molar-refractivity contribution in [3.05, 3.63) is 27.2 Å². The highest BCUT2D eigenvalue weighted by molar-refractivity contribution is 9.10. The Morgan fingerprint density at radius 3 is 3.11 bits per heavy atom. The lowest BCUT2D eigenvalue weighted by atomic mass is 9.99. The molecule has 1 aliphatic heterocycles. The zero-order valence-electron chi connectivity index (χ0n) is 10.0. The summed E-state index contributed by atoms with van der Waals surface area (Å²) in [7, 11) is 1.40. The smallest absolute Gasteiger partial charge is 0.305 e. The average Bonchev–Trinajstić information content (AvgIpc) is 2.37. The Morgan fingerprint density at radius 1 is 1.61 bits per heavy atom. The fourth-order valence-electron chi connectivity index (χ4n) is 2.01. The van der Waals surface area contributed by atoms with E-state index in [2.05, 4.69) is 20.7 Å². The lowest BCUT2D eigenvalue weighted by Gasteiger charge is -2.26. The fourth-order valence-corrected chi connectivity index (χ4v) is 2.56. The van der Waals surface area contributed by atoms with Gasteiger partial charge in [0.05, 0.1) is 18.2 Å². The molecule has 3 nitrogen and oxygen atoms in total. The van der Waals surface area contributed by atoms with Gasteiger partial charge in [-0.1, -0.05) is 11.6 Å². The van der Waals surface area contributed by atoms with Crippen LogP contribution >= 0.6 is 27.5 Å². The Balaban J connectivity index is 2.01. The molecule has 0 radical (unpaired) electrons. The molecular weight excluding hydrogens is 319 g/mol. The Labute approximate surface area is 120 Å². The van der Waals surface area contributed by atoms with E-state index in [-0.39, 0.29) is 12.1 Å². The molecule has 0 amide bonds. The van der Waals surface area contributed by atoms with Crippen molar-refractivity contribution >= 4 is 33.5 Å². The summed E-state index contributed by atoms with van der Waals surface area (Å²) in [6, 6.07) is 3.82. The molecule has 0 fully saturated rings. The maximum atomic E-state index is 11.1. The van der Waals surface area contributed by atoms with Crippen LogP contribution in [0.1, 0.15) is 24.8 Å². The number of carbonyl (C=O) groups is 1. The molecule has 1 aliphatic rings. The topological polar surface area (TPSA) is 35.5 Å². The van der Waals surface area contributed by atoms with Gasteiger partial charge in [0.2, 0.25) is 0 Å². The molecular formula is C13H14BrClO3. The first kappa shape index (κ1) is 13.7. The Bertz CT molecular complexity index is 462. The molecule has 1 aromatic carbocycles. The van der Waals surface area contributed by atoms with E-state index in [4.69, 9.17) is 16.3 Å². The molecule has 0 bridgehead atoms. The number of hydrogen-bond donors (Lipinski definition) is 0. The quantitative estimate of drug-likeness (QED) is 0.790. The van der Waals surface area contributed by atoms with Gasteiger partial charge < -0.3 is 9.47 Å². The van der Waals surface area contributed by atoms with Crippen LogP contribution < -0.4 is 4.74 Å². The van der Waals surface area contributed by atoms with Crippen molar-refractivity contribution in [2.75, 3.05) is 7.11 Å². The first-order chi connectivity index (χ1) is 8.60. The van der Waals surface area contributed by atoms with Crippen LogP contribution in [-0.4, -0.2) is 19.2 Å². The van der Waals surface area contributed by atoms with Crippen molar-refractivity contribution in [3.8, 4) is 5.75 Å². The third-order valence-electron chi connectivity index (χ3n) is 3.03. The van der Waals surface area contributed by atoms with Gasteiger partial charge in [-0.05, 0) is 46.8 Å². The monoisotopic (exact) mass is 332 g/mol. The number of hydrogen-bond acceptors (Lipinski definition) is 3. The molecule has 0 aliphatic carbocycles. The van der Waals surface area contributed by atoms with E-state index >= 15 is 0 Å². The number of methoxy groups -OCH3 is 1. The van der Waals surface area contributed by atoms with Crippen LogP contribution in [0, 0.1) is 0 Å². The van der Waals surface area contributed by atoms with E-state index in [0.29, 0.717) is 17.9 Å². The lowest BCUT2D eigenvalue weighted by molar-refractivity contribution is -0.141. The number of esters is 1. The number of rotatable bonds is 3. The van der Waals surface area contributed by atoms with Crippen LogP contribution in [0.25, 0.3) is 0 Å². The standard InChI is InChI=1S/C13H14BrClO3/c1-17-13(16)5-4-9-3-2-8-6-10(14)11(15)7-12(8)18-9/h6-7,9H,2-5H2,1H3/t9-/m1/s1. The molecule has 0 spiro atoms. The predicted molar refractivity (Wildman–Crippen MR) is 73.1 cm³/mol. The first-order valence-corrected chi connectivity index (χ1v) is 6.98. The Kier molecular flexibility index (Phi) is 4.51. The molecule has 1 heterocycles. The second kappa shape index (κ2) is 5.93. The van der Waals surface area contributed by atoms with Crippen LogP contribution in [-0.2, 0) is 16.0 Å². The van der Waals surface area contributed by atoms with E-state index in [9.17, 15) is 4.79 Å². The summed E-state index contributed by atoms with van der Waals surface area (Å²) in [4.78, 5) is 11.1. The van der Waals surface area contributed by atoms with Gasteiger partial charge in [-0.25, -0.2) is 0 Å². The van der Waals surface area contributed by atoms with Crippen LogP contribution in [0.2, 0.25) is 5.02 Å². The molecule has 1 aromatic rings. The summed E-state index contributed by atoms with van der Waals surface area (Å²) in [5, 5.41) is 0.641. The summed E-state index contributed by atoms with van der Waals surface area (Å²) in [5.74, 6) is 0.627. The van der Waals surface area contributed by atoms with Gasteiger partial charge in [-0.2, -0.15) is 0 Å². The minimum absolute atomic E-state index is 0.0637. The molecule has 5 heteroatoms. The van der Waals surface area contributed by atoms with Crippen molar-refractivity contribution in [1.82, 2.24) is 0 Å². The van der Waals surface area contributed by atoms with Gasteiger partial charge >= 0.3 is 5.97 Å². The van der Waals surface area contributed by atoms with E-state index in [0.717, 1.165) is 28.6 Å². The zero-order chi connectivity index (χ0) is 13.1. The van der Waals surface area contributed by atoms with Crippen molar-refractivity contribution in [2.45, 2.75) is 31.8 Å². The van der Waals surface area contributed by atoms with Gasteiger partial charge in [-0.3, -0.25) is 4.79 Å². The second-order valence-electron chi connectivity index (χ2n) is 4.27. The first-order valence-electron chi connectivity index (χ1n) is 5.81. The van der Waals surface area contributed by atoms with Gasteiger partial charge in [0.15, 0.2) is 0 Å². The van der Waals surface area contributed by atoms with E-state index < -0.39 is 0 Å². The minimum Gasteiger partial charge on any atom is -0.490 e. The number of halogens is 2. The van der Waals surface area contributed by atoms with Crippen molar-refractivity contribution < 1.29 is 14.3 Å². The number of benzene rings is 1. The summed E-state index contributed by atoms with van der Waals surface area (Å²) in [6.07, 6.45) is 2.99. The number of aryl methyl sites for hydroxylation is 1. The summed E-state index contributed by atoms with van der Waals surface area (Å²) in [6.45, 7) is 0. The highest BCUT2D eigenvalue weighted by Gasteiger charge is 2.21. The van der Waals surface area contributed by atoms with Crippen LogP contribution in [0.5, 0.6) is 5.75 Å². The molecule has 18 heavy (non-hydrogen) atoms. The van der Waals surface area contributed by atoms with E-state index in [1.165, 1.54) is 7.11 Å². The molecule has 0 unspecified atom stereocenters. The van der Waals surface area contributed by atoms with Crippen molar-refractivity contribution in [3.63, 3.8) is 0 Å². The van der Waals surface area contributed by atoms with Crippen molar-refractivity contribution in [1.29, 1.82) is 0 Å². The maximum Gasteiger partial charge on any atom is 0.305 e. The van der Waals surface area contributed by atoms with E-state index in [1.807, 2.05) is 12.1 Å². The number of ether oxygens (including phenoxy) is 2.